The summed E-state index contributed by atoms with van der Waals surface area (Å²) in [6.07, 6.45) is 2.40. The summed E-state index contributed by atoms with van der Waals surface area (Å²) in [5, 5.41) is 6.41. The molecule has 0 aliphatic heterocycles. The van der Waals surface area contributed by atoms with Crippen LogP contribution in [-0.4, -0.2) is 16.0 Å². The molecule has 0 radical (unpaired) electrons. The predicted molar refractivity (Wildman–Crippen MR) is 40.2 cm³/mol. The molecule has 0 aliphatic carbocycles. The molecular weight excluding hydrogens is 128 g/mol. The number of aliphatic imine (C=N–C) groups is 1. The lowest BCUT2D eigenvalue weighted by molar-refractivity contribution is 1.08. The maximum absolute atomic E-state index is 5.47. The van der Waals surface area contributed by atoms with Crippen LogP contribution in [0.25, 0.3) is 0 Å². The van der Waals surface area contributed by atoms with E-state index < -0.39 is 0 Å². The van der Waals surface area contributed by atoms with Crippen LogP contribution in [0.4, 0.5) is 5.82 Å². The first-order chi connectivity index (χ1) is 4.83. The van der Waals surface area contributed by atoms with Gasteiger partial charge in [-0.05, 0) is 0 Å². The van der Waals surface area contributed by atoms with Crippen molar-refractivity contribution in [2.24, 2.45) is 10.7 Å². The zero-order valence-corrected chi connectivity index (χ0v) is 5.83. The first-order valence-electron chi connectivity index (χ1n) is 3.15. The zero-order valence-electron chi connectivity index (χ0n) is 5.83. The van der Waals surface area contributed by atoms with Crippen molar-refractivity contribution in [2.75, 3.05) is 0 Å². The second-order valence-corrected chi connectivity index (χ2v) is 1.90. The van der Waals surface area contributed by atoms with E-state index in [9.17, 15) is 0 Å². The van der Waals surface area contributed by atoms with Crippen LogP contribution in [0.2, 0.25) is 0 Å². The Bertz CT molecular complexity index is 212. The Morgan fingerprint density at radius 1 is 1.90 bits per heavy atom. The van der Waals surface area contributed by atoms with Gasteiger partial charge in [0.15, 0.2) is 0 Å². The van der Waals surface area contributed by atoms with Crippen LogP contribution in [0.15, 0.2) is 17.3 Å². The third-order valence-corrected chi connectivity index (χ3v) is 1.11. The third-order valence-electron chi connectivity index (χ3n) is 1.11. The van der Waals surface area contributed by atoms with Gasteiger partial charge in [0.2, 0.25) is 0 Å². The fraction of sp³-hybridized carbons (Fsp3) is 0.333. The molecular formula is C6H10N4. The van der Waals surface area contributed by atoms with Gasteiger partial charge in [-0.25, -0.2) is 4.99 Å². The molecule has 0 spiro atoms. The number of H-pyrrole nitrogens is 1. The highest BCUT2D eigenvalue weighted by Gasteiger charge is 1.89. The van der Waals surface area contributed by atoms with Crippen LogP contribution < -0.4 is 5.73 Å². The van der Waals surface area contributed by atoms with Gasteiger partial charge < -0.3 is 5.73 Å². The highest BCUT2D eigenvalue weighted by Crippen LogP contribution is 2.03. The molecule has 54 valence electrons. The summed E-state index contributed by atoms with van der Waals surface area (Å²) in [5.74, 6) is 1.32. The SMILES string of the molecule is CC/C(N)=N\c1ccn[nH]1. The maximum atomic E-state index is 5.47. The van der Waals surface area contributed by atoms with Crippen LogP contribution in [0.1, 0.15) is 13.3 Å². The van der Waals surface area contributed by atoms with Crippen molar-refractivity contribution in [3.05, 3.63) is 12.3 Å². The molecule has 0 amide bonds. The molecule has 10 heavy (non-hydrogen) atoms. The number of amidine groups is 1. The van der Waals surface area contributed by atoms with Gasteiger partial charge in [0.05, 0.1) is 6.20 Å². The number of rotatable bonds is 2. The molecule has 1 aromatic rings. The summed E-state index contributed by atoms with van der Waals surface area (Å²) >= 11 is 0. The molecule has 0 aromatic carbocycles. The normalized spacial score (nSPS) is 11.9. The topological polar surface area (TPSA) is 67.1 Å². The molecule has 0 bridgehead atoms. The quantitative estimate of drug-likeness (QED) is 0.469. The number of aromatic amines is 1. The Morgan fingerprint density at radius 2 is 2.70 bits per heavy atom. The van der Waals surface area contributed by atoms with Crippen molar-refractivity contribution in [1.82, 2.24) is 10.2 Å². The van der Waals surface area contributed by atoms with Gasteiger partial charge in [0.1, 0.15) is 11.7 Å². The predicted octanol–water partition coefficient (Wildman–Crippen LogP) is 0.808. The van der Waals surface area contributed by atoms with Gasteiger partial charge in [0.25, 0.3) is 0 Å². The summed E-state index contributed by atoms with van der Waals surface area (Å²) in [6.45, 7) is 1.95. The van der Waals surface area contributed by atoms with Crippen molar-refractivity contribution in [3.63, 3.8) is 0 Å². The molecule has 0 aliphatic rings. The molecule has 1 aromatic heterocycles. The smallest absolute Gasteiger partial charge is 0.149 e. The minimum Gasteiger partial charge on any atom is -0.387 e. The molecule has 1 heterocycles. The number of aromatic nitrogens is 2. The van der Waals surface area contributed by atoms with Crippen molar-refractivity contribution < 1.29 is 0 Å². The van der Waals surface area contributed by atoms with E-state index in [1.165, 1.54) is 0 Å². The van der Waals surface area contributed by atoms with Crippen LogP contribution in [0.3, 0.4) is 0 Å². The average Bonchev–Trinajstić information content (AvgIpc) is 2.40. The van der Waals surface area contributed by atoms with Gasteiger partial charge in [0, 0.05) is 12.5 Å². The number of nitrogens with zero attached hydrogens (tertiary/aromatic N) is 2. The zero-order chi connectivity index (χ0) is 7.40. The fourth-order valence-corrected chi connectivity index (χ4v) is 0.545. The highest BCUT2D eigenvalue weighted by atomic mass is 15.2. The summed E-state index contributed by atoms with van der Waals surface area (Å²) < 4.78 is 0. The van der Waals surface area contributed by atoms with Gasteiger partial charge in [-0.15, -0.1) is 0 Å². The largest absolute Gasteiger partial charge is 0.387 e. The van der Waals surface area contributed by atoms with Gasteiger partial charge in [-0.2, -0.15) is 5.10 Å². The Morgan fingerprint density at radius 3 is 3.20 bits per heavy atom. The van der Waals surface area contributed by atoms with E-state index in [0.717, 1.165) is 6.42 Å². The van der Waals surface area contributed by atoms with Crippen LogP contribution in [-0.2, 0) is 0 Å². The summed E-state index contributed by atoms with van der Waals surface area (Å²) in [5.41, 5.74) is 5.47. The van der Waals surface area contributed by atoms with Crippen LogP contribution in [0, 0.1) is 0 Å². The summed E-state index contributed by atoms with van der Waals surface area (Å²) in [4.78, 5) is 4.01. The monoisotopic (exact) mass is 138 g/mol. The lowest BCUT2D eigenvalue weighted by atomic mass is 10.4. The minimum absolute atomic E-state index is 0.615. The lowest BCUT2D eigenvalue weighted by Crippen LogP contribution is -2.08. The van der Waals surface area contributed by atoms with Gasteiger partial charge >= 0.3 is 0 Å². The lowest BCUT2D eigenvalue weighted by Gasteiger charge is -1.90. The Labute approximate surface area is 59.2 Å². The van der Waals surface area contributed by atoms with Crippen molar-refractivity contribution >= 4 is 11.7 Å². The van der Waals surface area contributed by atoms with E-state index in [2.05, 4.69) is 15.2 Å². The standard InChI is InChI=1S/C6H10N4/c1-2-5(7)9-6-3-4-8-10-6/h3-4H,2H2,1H3,(H3,7,8,9,10). The van der Waals surface area contributed by atoms with Gasteiger partial charge in [-0.3, -0.25) is 5.10 Å². The first-order valence-corrected chi connectivity index (χ1v) is 3.15. The van der Waals surface area contributed by atoms with Crippen LogP contribution >= 0.6 is 0 Å². The number of nitrogens with two attached hydrogens (primary N) is 1. The third kappa shape index (κ3) is 1.58. The van der Waals surface area contributed by atoms with E-state index in [1.54, 1.807) is 12.3 Å². The molecule has 0 unspecified atom stereocenters. The Balaban J connectivity index is 2.71. The molecule has 1 rings (SSSR count). The van der Waals surface area contributed by atoms with E-state index in [4.69, 9.17) is 5.73 Å². The molecule has 0 fully saturated rings. The first kappa shape index (κ1) is 6.80. The Hall–Kier alpha value is -1.32. The highest BCUT2D eigenvalue weighted by molar-refractivity contribution is 5.82. The Kier molecular flexibility index (Phi) is 2.04. The summed E-state index contributed by atoms with van der Waals surface area (Å²) in [7, 11) is 0. The summed E-state index contributed by atoms with van der Waals surface area (Å²) in [6, 6.07) is 1.77. The molecule has 4 nitrogen and oxygen atoms in total. The van der Waals surface area contributed by atoms with Gasteiger partial charge in [-0.1, -0.05) is 6.92 Å². The maximum Gasteiger partial charge on any atom is 0.149 e. The van der Waals surface area contributed by atoms with E-state index >= 15 is 0 Å². The van der Waals surface area contributed by atoms with Crippen molar-refractivity contribution in [2.45, 2.75) is 13.3 Å². The molecule has 4 heteroatoms. The van der Waals surface area contributed by atoms with E-state index in [1.807, 2.05) is 6.92 Å². The van der Waals surface area contributed by atoms with Crippen LogP contribution in [0.5, 0.6) is 0 Å². The molecule has 0 saturated carbocycles. The average molecular weight is 138 g/mol. The number of hydrogen-bond acceptors (Lipinski definition) is 2. The second kappa shape index (κ2) is 3.00. The fourth-order valence-electron chi connectivity index (χ4n) is 0.545. The van der Waals surface area contributed by atoms with Crippen molar-refractivity contribution in [1.29, 1.82) is 0 Å². The molecule has 0 saturated heterocycles. The number of nitrogens with one attached hydrogen (secondary N) is 1. The number of hydrogen-bond donors (Lipinski definition) is 2. The molecule has 0 atom stereocenters. The van der Waals surface area contributed by atoms with E-state index in [0.29, 0.717) is 11.7 Å². The second-order valence-electron chi connectivity index (χ2n) is 1.90. The van der Waals surface area contributed by atoms with Crippen molar-refractivity contribution in [3.8, 4) is 0 Å². The molecule has 3 N–H and O–H groups in total. The van der Waals surface area contributed by atoms with E-state index in [-0.39, 0.29) is 0 Å². The minimum atomic E-state index is 0.615.